The van der Waals surface area contributed by atoms with Gasteiger partial charge >= 0.3 is 0 Å². The minimum absolute atomic E-state index is 0.148. The first-order valence-corrected chi connectivity index (χ1v) is 9.66. The molecule has 0 aliphatic carbocycles. The van der Waals surface area contributed by atoms with Crippen LogP contribution >= 0.6 is 11.8 Å². The molecule has 25 heavy (non-hydrogen) atoms. The predicted octanol–water partition coefficient (Wildman–Crippen LogP) is 4.72. The summed E-state index contributed by atoms with van der Waals surface area (Å²) in [5.41, 5.74) is 2.62. The van der Waals surface area contributed by atoms with E-state index in [1.165, 1.54) is 0 Å². The molecule has 0 radical (unpaired) electrons. The Bertz CT molecular complexity index is 771. The maximum Gasteiger partial charge on any atom is 0.254 e. The number of rotatable bonds is 4. The van der Waals surface area contributed by atoms with Crippen molar-refractivity contribution in [3.05, 3.63) is 65.2 Å². The molecule has 0 spiro atoms. The monoisotopic (exact) mass is 350 g/mol. The number of nitrogens with zero attached hydrogens (tertiary/aromatic N) is 2. The largest absolute Gasteiger partial charge is 0.339 e. The lowest BCUT2D eigenvalue weighted by atomic mass is 9.98. The molecule has 0 saturated carbocycles. The van der Waals surface area contributed by atoms with Crippen LogP contribution in [0.4, 0.5) is 0 Å². The zero-order chi connectivity index (χ0) is 17.6. The van der Waals surface area contributed by atoms with Crippen molar-refractivity contribution in [2.75, 3.05) is 13.1 Å². The number of hydrogen-bond acceptors (Lipinski definition) is 3. The van der Waals surface area contributed by atoms with Gasteiger partial charge in [0.05, 0.1) is 17.2 Å². The Labute approximate surface area is 153 Å². The summed E-state index contributed by atoms with van der Waals surface area (Å²) in [5.74, 6) is 1.65. The maximum atomic E-state index is 12.9. The van der Waals surface area contributed by atoms with Crippen LogP contribution in [0.1, 0.15) is 41.3 Å². The summed E-state index contributed by atoms with van der Waals surface area (Å²) in [5, 5.41) is 8.88. The Morgan fingerprint density at radius 3 is 2.52 bits per heavy atom. The highest BCUT2D eigenvalue weighted by Crippen LogP contribution is 2.28. The number of nitriles is 1. The van der Waals surface area contributed by atoms with E-state index < -0.39 is 0 Å². The highest BCUT2D eigenvalue weighted by molar-refractivity contribution is 7.98. The minimum Gasteiger partial charge on any atom is -0.339 e. The van der Waals surface area contributed by atoms with Gasteiger partial charge in [0, 0.05) is 23.7 Å². The van der Waals surface area contributed by atoms with E-state index in [9.17, 15) is 4.79 Å². The van der Waals surface area contributed by atoms with Gasteiger partial charge in [-0.25, -0.2) is 0 Å². The smallest absolute Gasteiger partial charge is 0.254 e. The van der Waals surface area contributed by atoms with Crippen LogP contribution in [0.5, 0.6) is 0 Å². The van der Waals surface area contributed by atoms with Crippen molar-refractivity contribution in [2.24, 2.45) is 5.92 Å². The number of amides is 1. The van der Waals surface area contributed by atoms with Crippen molar-refractivity contribution >= 4 is 17.7 Å². The molecule has 0 unspecified atom stereocenters. The van der Waals surface area contributed by atoms with E-state index in [0.29, 0.717) is 11.5 Å². The summed E-state index contributed by atoms with van der Waals surface area (Å²) in [6, 6.07) is 17.6. The molecular weight excluding hydrogens is 328 g/mol. The molecule has 1 saturated heterocycles. The molecule has 3 rings (SSSR count). The molecule has 1 aliphatic heterocycles. The lowest BCUT2D eigenvalue weighted by Crippen LogP contribution is -2.38. The van der Waals surface area contributed by atoms with E-state index in [-0.39, 0.29) is 5.91 Å². The van der Waals surface area contributed by atoms with Crippen LogP contribution in [-0.4, -0.2) is 23.9 Å². The van der Waals surface area contributed by atoms with Gasteiger partial charge in [-0.2, -0.15) is 5.26 Å². The summed E-state index contributed by atoms with van der Waals surface area (Å²) in [7, 11) is 0. The topological polar surface area (TPSA) is 44.1 Å². The second kappa shape index (κ2) is 8.22. The van der Waals surface area contributed by atoms with Crippen molar-refractivity contribution in [3.63, 3.8) is 0 Å². The molecule has 0 aromatic heterocycles. The SMILES string of the molecule is CC1CCN(C(=O)c2ccccc2SCc2ccc(C#N)cc2)CC1. The first kappa shape index (κ1) is 17.6. The molecule has 1 fully saturated rings. The van der Waals surface area contributed by atoms with Crippen LogP contribution in [0.3, 0.4) is 0 Å². The van der Waals surface area contributed by atoms with Gasteiger partial charge in [-0.3, -0.25) is 4.79 Å². The first-order chi connectivity index (χ1) is 12.2. The first-order valence-electron chi connectivity index (χ1n) is 8.67. The third kappa shape index (κ3) is 4.43. The Morgan fingerprint density at radius 1 is 1.16 bits per heavy atom. The zero-order valence-corrected chi connectivity index (χ0v) is 15.3. The molecule has 128 valence electrons. The van der Waals surface area contributed by atoms with E-state index in [0.717, 1.165) is 47.7 Å². The Morgan fingerprint density at radius 2 is 1.84 bits per heavy atom. The van der Waals surface area contributed by atoms with Gasteiger partial charge in [0.25, 0.3) is 5.91 Å². The van der Waals surface area contributed by atoms with Crippen LogP contribution < -0.4 is 0 Å². The Hall–Kier alpha value is -2.25. The summed E-state index contributed by atoms with van der Waals surface area (Å²) in [4.78, 5) is 15.9. The maximum absolute atomic E-state index is 12.9. The molecule has 1 heterocycles. The molecule has 2 aromatic carbocycles. The molecular formula is C21H22N2OS. The fourth-order valence-electron chi connectivity index (χ4n) is 2.99. The Balaban J connectivity index is 1.70. The van der Waals surface area contributed by atoms with Gasteiger partial charge in [-0.05, 0) is 48.6 Å². The van der Waals surface area contributed by atoms with E-state index in [4.69, 9.17) is 5.26 Å². The van der Waals surface area contributed by atoms with Gasteiger partial charge in [-0.15, -0.1) is 11.8 Å². The van der Waals surface area contributed by atoms with Crippen LogP contribution in [0, 0.1) is 17.2 Å². The van der Waals surface area contributed by atoms with Crippen LogP contribution in [0.2, 0.25) is 0 Å². The molecule has 2 aromatic rings. The van der Waals surface area contributed by atoms with Crippen molar-refractivity contribution in [1.29, 1.82) is 5.26 Å². The fraction of sp³-hybridized carbons (Fsp3) is 0.333. The van der Waals surface area contributed by atoms with Crippen LogP contribution in [0.15, 0.2) is 53.4 Å². The van der Waals surface area contributed by atoms with Crippen molar-refractivity contribution in [3.8, 4) is 6.07 Å². The molecule has 1 amide bonds. The number of carbonyl (C=O) groups excluding carboxylic acids is 1. The minimum atomic E-state index is 0.148. The second-order valence-corrected chi connectivity index (χ2v) is 7.59. The number of hydrogen-bond donors (Lipinski definition) is 0. The van der Waals surface area contributed by atoms with Gasteiger partial charge in [0.1, 0.15) is 0 Å². The number of likely N-dealkylation sites (tertiary alicyclic amines) is 1. The van der Waals surface area contributed by atoms with E-state index in [1.807, 2.05) is 53.4 Å². The quantitative estimate of drug-likeness (QED) is 0.749. The second-order valence-electron chi connectivity index (χ2n) is 6.57. The summed E-state index contributed by atoms with van der Waals surface area (Å²) < 4.78 is 0. The molecule has 3 nitrogen and oxygen atoms in total. The number of piperidine rings is 1. The van der Waals surface area contributed by atoms with E-state index in [2.05, 4.69) is 13.0 Å². The van der Waals surface area contributed by atoms with Crippen molar-refractivity contribution < 1.29 is 4.79 Å². The summed E-state index contributed by atoms with van der Waals surface area (Å²) in [6.07, 6.45) is 2.18. The van der Waals surface area contributed by atoms with Gasteiger partial charge < -0.3 is 4.90 Å². The zero-order valence-electron chi connectivity index (χ0n) is 14.4. The summed E-state index contributed by atoms with van der Waals surface area (Å²) >= 11 is 1.68. The van der Waals surface area contributed by atoms with Crippen molar-refractivity contribution in [2.45, 2.75) is 30.4 Å². The normalized spacial score (nSPS) is 15.0. The van der Waals surface area contributed by atoms with Crippen LogP contribution in [0.25, 0.3) is 0 Å². The lowest BCUT2D eigenvalue weighted by molar-refractivity contribution is 0.0693. The van der Waals surface area contributed by atoms with Crippen molar-refractivity contribution in [1.82, 2.24) is 4.90 Å². The lowest BCUT2D eigenvalue weighted by Gasteiger charge is -2.30. The average molecular weight is 350 g/mol. The molecule has 0 atom stereocenters. The van der Waals surface area contributed by atoms with E-state index >= 15 is 0 Å². The molecule has 0 bridgehead atoms. The van der Waals surface area contributed by atoms with Gasteiger partial charge in [0.2, 0.25) is 0 Å². The number of benzene rings is 2. The Kier molecular flexibility index (Phi) is 5.78. The third-order valence-corrected chi connectivity index (χ3v) is 5.81. The number of thioether (sulfide) groups is 1. The number of carbonyl (C=O) groups is 1. The molecule has 0 N–H and O–H groups in total. The summed E-state index contributed by atoms with van der Waals surface area (Å²) in [6.45, 7) is 3.96. The molecule has 4 heteroatoms. The molecule has 1 aliphatic rings. The van der Waals surface area contributed by atoms with E-state index in [1.54, 1.807) is 11.8 Å². The van der Waals surface area contributed by atoms with Gasteiger partial charge in [-0.1, -0.05) is 31.2 Å². The third-order valence-electron chi connectivity index (χ3n) is 4.67. The van der Waals surface area contributed by atoms with Gasteiger partial charge in [0.15, 0.2) is 0 Å². The highest BCUT2D eigenvalue weighted by Gasteiger charge is 2.23. The standard InChI is InChI=1S/C21H22N2OS/c1-16-10-12-23(13-11-16)21(24)19-4-2-3-5-20(19)25-15-18-8-6-17(14-22)7-9-18/h2-9,16H,10-13,15H2,1H3. The predicted molar refractivity (Wildman–Crippen MR) is 101 cm³/mol. The average Bonchev–Trinajstić information content (AvgIpc) is 2.67. The van der Waals surface area contributed by atoms with Crippen LogP contribution in [-0.2, 0) is 5.75 Å². The fourth-order valence-corrected chi connectivity index (χ4v) is 3.99. The highest BCUT2D eigenvalue weighted by atomic mass is 32.2.